The molecule has 126 valence electrons. The highest BCUT2D eigenvalue weighted by atomic mass is 35.5. The predicted octanol–water partition coefficient (Wildman–Crippen LogP) is 3.30. The molecule has 3 aromatic heterocycles. The first-order valence-electron chi connectivity index (χ1n) is 7.60. The van der Waals surface area contributed by atoms with Gasteiger partial charge in [0.25, 0.3) is 5.56 Å². The second kappa shape index (κ2) is 6.30. The van der Waals surface area contributed by atoms with Crippen molar-refractivity contribution >= 4 is 38.7 Å². The van der Waals surface area contributed by atoms with Gasteiger partial charge < -0.3 is 5.32 Å². The Morgan fingerprint density at radius 1 is 1.32 bits per heavy atom. The molecular formula is C16H13ClN6OS. The van der Waals surface area contributed by atoms with Gasteiger partial charge in [-0.1, -0.05) is 42.0 Å². The molecule has 0 aliphatic carbocycles. The Hall–Kier alpha value is -2.71. The van der Waals surface area contributed by atoms with E-state index >= 15 is 0 Å². The molecule has 0 spiro atoms. The van der Waals surface area contributed by atoms with Gasteiger partial charge in [0.1, 0.15) is 0 Å². The SMILES string of the molecule is CCc1cc(=O)n2nc(Nc3cnn(-c4ccccc4Cl)c3)sc2n1. The Bertz CT molecular complexity index is 1120. The van der Waals surface area contributed by atoms with E-state index in [1.165, 1.54) is 21.9 Å². The quantitative estimate of drug-likeness (QED) is 0.594. The van der Waals surface area contributed by atoms with Crippen LogP contribution >= 0.6 is 22.9 Å². The Morgan fingerprint density at radius 3 is 2.96 bits per heavy atom. The summed E-state index contributed by atoms with van der Waals surface area (Å²) in [6.07, 6.45) is 4.18. The monoisotopic (exact) mass is 372 g/mol. The summed E-state index contributed by atoms with van der Waals surface area (Å²) in [6.45, 7) is 1.96. The first-order valence-corrected chi connectivity index (χ1v) is 8.80. The maximum absolute atomic E-state index is 12.1. The van der Waals surface area contributed by atoms with Crippen LogP contribution in [-0.4, -0.2) is 24.4 Å². The van der Waals surface area contributed by atoms with Crippen LogP contribution in [-0.2, 0) is 6.42 Å². The zero-order chi connectivity index (χ0) is 17.4. The molecule has 0 aliphatic heterocycles. The molecule has 0 saturated carbocycles. The number of halogens is 1. The lowest BCUT2D eigenvalue weighted by Crippen LogP contribution is -2.15. The Balaban J connectivity index is 1.65. The molecule has 7 nitrogen and oxygen atoms in total. The number of nitrogens with one attached hydrogen (secondary N) is 1. The first-order chi connectivity index (χ1) is 12.1. The molecular weight excluding hydrogens is 360 g/mol. The van der Waals surface area contributed by atoms with Gasteiger partial charge in [-0.2, -0.15) is 9.61 Å². The fourth-order valence-corrected chi connectivity index (χ4v) is 3.43. The van der Waals surface area contributed by atoms with Gasteiger partial charge in [0.2, 0.25) is 10.1 Å². The van der Waals surface area contributed by atoms with Crippen molar-refractivity contribution in [2.24, 2.45) is 0 Å². The maximum atomic E-state index is 12.1. The molecule has 0 radical (unpaired) electrons. The lowest BCUT2D eigenvalue weighted by molar-refractivity contribution is 0.879. The number of hydrogen-bond acceptors (Lipinski definition) is 6. The number of nitrogens with zero attached hydrogens (tertiary/aromatic N) is 5. The van der Waals surface area contributed by atoms with Gasteiger partial charge in [-0.25, -0.2) is 9.67 Å². The van der Waals surface area contributed by atoms with Gasteiger partial charge in [0, 0.05) is 11.8 Å². The largest absolute Gasteiger partial charge is 0.327 e. The molecule has 1 N–H and O–H groups in total. The number of aromatic nitrogens is 5. The van der Waals surface area contributed by atoms with Crippen molar-refractivity contribution in [3.8, 4) is 5.69 Å². The molecule has 25 heavy (non-hydrogen) atoms. The molecule has 0 amide bonds. The summed E-state index contributed by atoms with van der Waals surface area (Å²) in [5.41, 5.74) is 2.10. The smallest absolute Gasteiger partial charge is 0.275 e. The van der Waals surface area contributed by atoms with Crippen molar-refractivity contribution in [1.82, 2.24) is 24.4 Å². The van der Waals surface area contributed by atoms with E-state index in [1.807, 2.05) is 31.2 Å². The second-order valence-electron chi connectivity index (χ2n) is 5.29. The van der Waals surface area contributed by atoms with Crippen LogP contribution in [0.5, 0.6) is 0 Å². The van der Waals surface area contributed by atoms with Crippen molar-refractivity contribution < 1.29 is 0 Å². The van der Waals surface area contributed by atoms with Gasteiger partial charge in [-0.15, -0.1) is 5.10 Å². The molecule has 0 bridgehead atoms. The van der Waals surface area contributed by atoms with Crippen molar-refractivity contribution in [1.29, 1.82) is 0 Å². The zero-order valence-corrected chi connectivity index (χ0v) is 14.8. The molecule has 3 heterocycles. The van der Waals surface area contributed by atoms with Gasteiger partial charge >= 0.3 is 0 Å². The third-order valence-corrected chi connectivity index (χ3v) is 4.74. The molecule has 0 unspecified atom stereocenters. The average Bonchev–Trinajstić information content (AvgIpc) is 3.22. The normalized spacial score (nSPS) is 11.1. The maximum Gasteiger partial charge on any atom is 0.275 e. The van der Waals surface area contributed by atoms with Crippen molar-refractivity contribution in [2.45, 2.75) is 13.3 Å². The Kier molecular flexibility index (Phi) is 3.98. The zero-order valence-electron chi connectivity index (χ0n) is 13.2. The highest BCUT2D eigenvalue weighted by Crippen LogP contribution is 2.24. The summed E-state index contributed by atoms with van der Waals surface area (Å²) in [5, 5.41) is 12.9. The highest BCUT2D eigenvalue weighted by molar-refractivity contribution is 7.20. The Morgan fingerprint density at radius 2 is 2.16 bits per heavy atom. The fourth-order valence-electron chi connectivity index (χ4n) is 2.37. The number of rotatable bonds is 4. The van der Waals surface area contributed by atoms with Crippen molar-refractivity contribution in [3.05, 3.63) is 63.8 Å². The van der Waals surface area contributed by atoms with Crippen LogP contribution in [0.3, 0.4) is 0 Å². The minimum absolute atomic E-state index is 0.182. The van der Waals surface area contributed by atoms with Crippen LogP contribution in [0.15, 0.2) is 47.5 Å². The van der Waals surface area contributed by atoms with Gasteiger partial charge in [-0.05, 0) is 18.6 Å². The summed E-state index contributed by atoms with van der Waals surface area (Å²) in [7, 11) is 0. The minimum Gasteiger partial charge on any atom is -0.327 e. The van der Waals surface area contributed by atoms with Crippen LogP contribution in [0.25, 0.3) is 10.6 Å². The molecule has 0 saturated heterocycles. The number of fused-ring (bicyclic) bond motifs is 1. The number of hydrogen-bond donors (Lipinski definition) is 1. The summed E-state index contributed by atoms with van der Waals surface area (Å²) in [4.78, 5) is 17.0. The fraction of sp³-hybridized carbons (Fsp3) is 0.125. The molecule has 0 fully saturated rings. The summed E-state index contributed by atoms with van der Waals surface area (Å²) in [5.74, 6) is 0. The Labute approximate surface area is 151 Å². The van der Waals surface area contributed by atoms with Crippen LogP contribution in [0.4, 0.5) is 10.8 Å². The van der Waals surface area contributed by atoms with Crippen molar-refractivity contribution in [2.75, 3.05) is 5.32 Å². The van der Waals surface area contributed by atoms with E-state index < -0.39 is 0 Å². The number of benzene rings is 1. The summed E-state index contributed by atoms with van der Waals surface area (Å²) < 4.78 is 2.97. The van der Waals surface area contributed by atoms with E-state index in [2.05, 4.69) is 20.5 Å². The van der Waals surface area contributed by atoms with E-state index in [4.69, 9.17) is 11.6 Å². The van der Waals surface area contributed by atoms with E-state index in [1.54, 1.807) is 17.1 Å². The molecule has 0 aliphatic rings. The third kappa shape index (κ3) is 3.01. The van der Waals surface area contributed by atoms with Crippen LogP contribution in [0.1, 0.15) is 12.6 Å². The molecule has 1 aromatic carbocycles. The van der Waals surface area contributed by atoms with Crippen molar-refractivity contribution in [3.63, 3.8) is 0 Å². The minimum atomic E-state index is -0.182. The van der Waals surface area contributed by atoms with E-state index in [-0.39, 0.29) is 5.56 Å². The van der Waals surface area contributed by atoms with Crippen LogP contribution < -0.4 is 10.9 Å². The average molecular weight is 373 g/mol. The standard InChI is InChI=1S/C16H13ClN6OS/c1-2-10-7-14(24)23-16(20-10)25-15(21-23)19-11-8-18-22(9-11)13-6-4-3-5-12(13)17/h3-9H,2H2,1H3,(H,19,21). The molecule has 0 atom stereocenters. The first kappa shape index (κ1) is 15.8. The molecule has 9 heteroatoms. The summed E-state index contributed by atoms with van der Waals surface area (Å²) >= 11 is 7.50. The number of para-hydroxylation sites is 1. The number of anilines is 2. The van der Waals surface area contributed by atoms with Gasteiger partial charge in [-0.3, -0.25) is 4.79 Å². The van der Waals surface area contributed by atoms with Gasteiger partial charge in [0.15, 0.2) is 0 Å². The van der Waals surface area contributed by atoms with Crippen LogP contribution in [0.2, 0.25) is 5.02 Å². The second-order valence-corrected chi connectivity index (χ2v) is 6.65. The lowest BCUT2D eigenvalue weighted by atomic mass is 10.3. The predicted molar refractivity (Wildman–Crippen MR) is 98.4 cm³/mol. The summed E-state index contributed by atoms with van der Waals surface area (Å²) in [6, 6.07) is 8.96. The van der Waals surface area contributed by atoms with Gasteiger partial charge in [0.05, 0.1) is 28.8 Å². The molecule has 4 rings (SSSR count). The van der Waals surface area contributed by atoms with E-state index in [0.29, 0.717) is 21.5 Å². The van der Waals surface area contributed by atoms with E-state index in [0.717, 1.165) is 17.1 Å². The van der Waals surface area contributed by atoms with Crippen LogP contribution in [0, 0.1) is 0 Å². The third-order valence-electron chi connectivity index (χ3n) is 3.59. The molecule has 4 aromatic rings. The lowest BCUT2D eigenvalue weighted by Gasteiger charge is -2.02. The van der Waals surface area contributed by atoms with E-state index in [9.17, 15) is 4.79 Å². The topological polar surface area (TPSA) is 77.1 Å². The highest BCUT2D eigenvalue weighted by Gasteiger charge is 2.10. The number of aryl methyl sites for hydroxylation is 1.